The van der Waals surface area contributed by atoms with Gasteiger partial charge in [0.1, 0.15) is 5.75 Å². The lowest BCUT2D eigenvalue weighted by atomic mass is 9.95. The predicted molar refractivity (Wildman–Crippen MR) is 145 cm³/mol. The number of benzene rings is 2. The molecule has 2 aromatic carbocycles. The van der Waals surface area contributed by atoms with Gasteiger partial charge in [-0.25, -0.2) is 9.79 Å². The Hall–Kier alpha value is -3.70. The molecule has 4 rings (SSSR count). The van der Waals surface area contributed by atoms with E-state index in [9.17, 15) is 14.4 Å². The molecule has 1 aliphatic heterocycles. The molecule has 0 amide bonds. The van der Waals surface area contributed by atoms with Gasteiger partial charge in [-0.3, -0.25) is 14.2 Å². The minimum atomic E-state index is -0.856. The number of carbonyl (C=O) groups excluding carboxylic acids is 2. The Labute approximate surface area is 230 Å². The summed E-state index contributed by atoms with van der Waals surface area (Å²) in [6.07, 6.45) is 1.65. The van der Waals surface area contributed by atoms with E-state index in [0.717, 1.165) is 0 Å². The summed E-state index contributed by atoms with van der Waals surface area (Å²) in [6, 6.07) is 9.50. The van der Waals surface area contributed by atoms with Crippen LogP contribution in [0, 0.1) is 0 Å². The molecular formula is C27H25BrN2O7S. The van der Waals surface area contributed by atoms with Gasteiger partial charge in [0.15, 0.2) is 16.3 Å². The van der Waals surface area contributed by atoms with E-state index in [4.69, 9.17) is 18.9 Å². The minimum Gasteiger partial charge on any atom is -0.493 e. The van der Waals surface area contributed by atoms with Crippen molar-refractivity contribution in [3.8, 4) is 17.2 Å². The zero-order valence-corrected chi connectivity index (χ0v) is 23.8. The highest BCUT2D eigenvalue weighted by atomic mass is 79.9. The fourth-order valence-corrected chi connectivity index (χ4v) is 5.73. The summed E-state index contributed by atoms with van der Waals surface area (Å²) < 4.78 is 24.0. The summed E-state index contributed by atoms with van der Waals surface area (Å²) in [5, 5.41) is 0. The molecule has 0 bridgehead atoms. The number of esters is 2. The number of ether oxygens (including phenoxy) is 4. The van der Waals surface area contributed by atoms with Gasteiger partial charge < -0.3 is 18.9 Å². The number of thiazole rings is 1. The average molecular weight is 601 g/mol. The van der Waals surface area contributed by atoms with E-state index < -0.39 is 18.0 Å². The van der Waals surface area contributed by atoms with E-state index in [-0.39, 0.29) is 17.7 Å². The summed E-state index contributed by atoms with van der Waals surface area (Å²) >= 11 is 4.75. The molecule has 0 aliphatic carbocycles. The molecule has 0 saturated carbocycles. The Morgan fingerprint density at radius 2 is 1.82 bits per heavy atom. The lowest BCUT2D eigenvalue weighted by Crippen LogP contribution is -2.40. The second kappa shape index (κ2) is 11.4. The van der Waals surface area contributed by atoms with Crippen LogP contribution in [0.4, 0.5) is 0 Å². The maximum atomic E-state index is 13.9. The molecule has 1 aromatic heterocycles. The first-order valence-corrected chi connectivity index (χ1v) is 13.2. The van der Waals surface area contributed by atoms with Crippen molar-refractivity contribution < 1.29 is 28.5 Å². The number of nitrogens with zero attached hydrogens (tertiary/aromatic N) is 2. The largest absolute Gasteiger partial charge is 0.493 e. The summed E-state index contributed by atoms with van der Waals surface area (Å²) in [6.45, 7) is 4.89. The summed E-state index contributed by atoms with van der Waals surface area (Å²) in [5.74, 6) is 0.195. The summed E-state index contributed by atoms with van der Waals surface area (Å²) in [7, 11) is 3.03. The van der Waals surface area contributed by atoms with Crippen LogP contribution >= 0.6 is 27.3 Å². The van der Waals surface area contributed by atoms with Gasteiger partial charge in [0.25, 0.3) is 5.56 Å². The molecule has 0 radical (unpaired) electrons. The van der Waals surface area contributed by atoms with Gasteiger partial charge in [-0.2, -0.15) is 0 Å². The zero-order chi connectivity index (χ0) is 27.6. The molecular weight excluding hydrogens is 576 g/mol. The monoisotopic (exact) mass is 600 g/mol. The van der Waals surface area contributed by atoms with Gasteiger partial charge in [0.05, 0.1) is 42.7 Å². The van der Waals surface area contributed by atoms with Gasteiger partial charge in [-0.05, 0) is 43.7 Å². The van der Waals surface area contributed by atoms with Crippen LogP contribution in [0.2, 0.25) is 0 Å². The molecule has 38 heavy (non-hydrogen) atoms. The number of fused-ring (bicyclic) bond motifs is 1. The average Bonchev–Trinajstić information content (AvgIpc) is 3.18. The van der Waals surface area contributed by atoms with Crippen molar-refractivity contribution in [3.05, 3.63) is 83.0 Å². The normalized spacial score (nSPS) is 15.0. The minimum absolute atomic E-state index is 0.160. The van der Waals surface area contributed by atoms with Crippen molar-refractivity contribution in [3.63, 3.8) is 0 Å². The Morgan fingerprint density at radius 3 is 2.47 bits per heavy atom. The van der Waals surface area contributed by atoms with Crippen LogP contribution in [-0.2, 0) is 14.3 Å². The first-order chi connectivity index (χ1) is 18.2. The molecule has 0 unspecified atom stereocenters. The van der Waals surface area contributed by atoms with Crippen LogP contribution in [-0.4, -0.2) is 37.3 Å². The molecule has 1 aliphatic rings. The second-order valence-corrected chi connectivity index (χ2v) is 10.0. The zero-order valence-electron chi connectivity index (χ0n) is 21.4. The van der Waals surface area contributed by atoms with Crippen molar-refractivity contribution >= 4 is 45.3 Å². The number of hydrogen-bond acceptors (Lipinski definition) is 9. The van der Waals surface area contributed by atoms with E-state index in [0.29, 0.717) is 47.9 Å². The van der Waals surface area contributed by atoms with Crippen LogP contribution in [0.25, 0.3) is 6.08 Å². The van der Waals surface area contributed by atoms with E-state index in [1.165, 1.54) is 37.0 Å². The van der Waals surface area contributed by atoms with Crippen LogP contribution in [0.5, 0.6) is 17.2 Å². The Morgan fingerprint density at radius 1 is 1.13 bits per heavy atom. The van der Waals surface area contributed by atoms with Gasteiger partial charge in [-0.15, -0.1) is 0 Å². The Kier molecular flexibility index (Phi) is 8.17. The summed E-state index contributed by atoms with van der Waals surface area (Å²) in [4.78, 5) is 43.6. The number of hydrogen-bond donors (Lipinski definition) is 0. The lowest BCUT2D eigenvalue weighted by molar-refractivity contribution is -0.139. The molecule has 9 nitrogen and oxygen atoms in total. The number of halogens is 1. The van der Waals surface area contributed by atoms with Crippen molar-refractivity contribution in [2.75, 3.05) is 20.8 Å². The predicted octanol–water partition coefficient (Wildman–Crippen LogP) is 3.50. The number of allylic oxidation sites excluding steroid dienone is 1. The van der Waals surface area contributed by atoms with Crippen molar-refractivity contribution in [1.29, 1.82) is 0 Å². The highest BCUT2D eigenvalue weighted by Gasteiger charge is 2.35. The second-order valence-electron chi connectivity index (χ2n) is 8.16. The SMILES string of the molecule is CCOC(=O)C1=C(C)N=c2s/c(=C\c3ccccc3OC(C)=O)c(=O)n2[C@H]1c1cc(OC)c(OC)cc1Br. The first kappa shape index (κ1) is 27.3. The first-order valence-electron chi connectivity index (χ1n) is 11.6. The molecule has 0 fully saturated rings. The van der Waals surface area contributed by atoms with Crippen molar-refractivity contribution in [1.82, 2.24) is 4.57 Å². The van der Waals surface area contributed by atoms with Gasteiger partial charge in [0, 0.05) is 17.0 Å². The molecule has 0 saturated heterocycles. The topological polar surface area (TPSA) is 105 Å². The number of rotatable bonds is 7. The molecule has 3 aromatic rings. The standard InChI is InChI=1S/C27H25BrN2O7S/c1-6-36-26(33)23-14(2)29-27-30(24(23)17-12-20(34-4)21(35-5)13-18(17)28)25(32)22(38-27)11-16-9-7-8-10-19(16)37-15(3)31/h7-13,24H,6H2,1-5H3/b22-11-/t24-/m0/s1. The van der Waals surface area contributed by atoms with Crippen molar-refractivity contribution in [2.45, 2.75) is 26.8 Å². The fourth-order valence-electron chi connectivity index (χ4n) is 4.15. The third kappa shape index (κ3) is 5.16. The van der Waals surface area contributed by atoms with Gasteiger partial charge in [0.2, 0.25) is 0 Å². The molecule has 2 heterocycles. The lowest BCUT2D eigenvalue weighted by Gasteiger charge is -2.26. The van der Waals surface area contributed by atoms with Gasteiger partial charge >= 0.3 is 11.9 Å². The summed E-state index contributed by atoms with van der Waals surface area (Å²) in [5.41, 5.74) is 1.45. The maximum absolute atomic E-state index is 13.9. The van der Waals surface area contributed by atoms with Gasteiger partial charge in [-0.1, -0.05) is 45.5 Å². The van der Waals surface area contributed by atoms with Crippen LogP contribution in [0.15, 0.2) is 61.9 Å². The number of para-hydroxylation sites is 1. The van der Waals surface area contributed by atoms with Crippen LogP contribution in [0.3, 0.4) is 0 Å². The number of methoxy groups -OCH3 is 2. The Bertz CT molecular complexity index is 1640. The van der Waals surface area contributed by atoms with E-state index in [1.807, 2.05) is 0 Å². The van der Waals surface area contributed by atoms with Crippen molar-refractivity contribution in [2.24, 2.45) is 4.99 Å². The quantitative estimate of drug-likeness (QED) is 0.302. The fraction of sp³-hybridized carbons (Fsp3) is 0.259. The highest BCUT2D eigenvalue weighted by molar-refractivity contribution is 9.10. The smallest absolute Gasteiger partial charge is 0.338 e. The Balaban J connectivity index is 2.00. The molecule has 198 valence electrons. The molecule has 0 N–H and O–H groups in total. The highest BCUT2D eigenvalue weighted by Crippen LogP contribution is 2.40. The van der Waals surface area contributed by atoms with E-state index in [1.54, 1.807) is 56.3 Å². The van der Waals surface area contributed by atoms with Crippen LogP contribution in [0.1, 0.15) is 37.9 Å². The third-order valence-corrected chi connectivity index (χ3v) is 7.44. The molecule has 1 atom stereocenters. The van der Waals surface area contributed by atoms with E-state index >= 15 is 0 Å². The number of aromatic nitrogens is 1. The van der Waals surface area contributed by atoms with Crippen LogP contribution < -0.4 is 29.1 Å². The molecule has 0 spiro atoms. The maximum Gasteiger partial charge on any atom is 0.338 e. The van der Waals surface area contributed by atoms with E-state index in [2.05, 4.69) is 20.9 Å². The number of carbonyl (C=O) groups is 2. The third-order valence-electron chi connectivity index (χ3n) is 5.77. The molecule has 11 heteroatoms.